The summed E-state index contributed by atoms with van der Waals surface area (Å²) in [5.74, 6) is -2.21. The molecule has 1 heterocycles. The Bertz CT molecular complexity index is 860. The summed E-state index contributed by atoms with van der Waals surface area (Å²) in [7, 11) is 0. The van der Waals surface area contributed by atoms with Crippen molar-refractivity contribution in [3.05, 3.63) is 71.4 Å². The van der Waals surface area contributed by atoms with Gasteiger partial charge in [-0.1, -0.05) is 18.2 Å². The zero-order chi connectivity index (χ0) is 16.4. The molecule has 0 aliphatic carbocycles. The van der Waals surface area contributed by atoms with Crippen LogP contribution >= 0.6 is 0 Å². The standard InChI is InChI=1S/C17H13F2N3O/c1-10-15(20-17(23)11-5-3-2-4-6-11)16(22-21-10)12-7-8-13(18)14(19)9-12/h2-9H,1H3,(H,20,23)(H,21,22). The van der Waals surface area contributed by atoms with E-state index >= 15 is 0 Å². The number of halogens is 2. The molecule has 0 aliphatic heterocycles. The fourth-order valence-electron chi connectivity index (χ4n) is 2.21. The zero-order valence-corrected chi connectivity index (χ0v) is 12.2. The van der Waals surface area contributed by atoms with E-state index in [4.69, 9.17) is 0 Å². The lowest BCUT2D eigenvalue weighted by molar-refractivity contribution is 0.102. The summed E-state index contributed by atoms with van der Waals surface area (Å²) in [5, 5.41) is 9.58. The smallest absolute Gasteiger partial charge is 0.255 e. The summed E-state index contributed by atoms with van der Waals surface area (Å²) in [4.78, 5) is 12.3. The van der Waals surface area contributed by atoms with Crippen LogP contribution in [0.25, 0.3) is 11.3 Å². The van der Waals surface area contributed by atoms with E-state index < -0.39 is 11.6 Å². The Morgan fingerprint density at radius 2 is 1.83 bits per heavy atom. The SMILES string of the molecule is Cc1[nH]nc(-c2ccc(F)c(F)c2)c1NC(=O)c1ccccc1. The van der Waals surface area contributed by atoms with E-state index in [9.17, 15) is 13.6 Å². The van der Waals surface area contributed by atoms with Crippen molar-refractivity contribution in [2.24, 2.45) is 0 Å². The highest BCUT2D eigenvalue weighted by molar-refractivity contribution is 6.06. The van der Waals surface area contributed by atoms with Crippen LogP contribution in [0, 0.1) is 18.6 Å². The van der Waals surface area contributed by atoms with Crippen LogP contribution in [-0.2, 0) is 0 Å². The van der Waals surface area contributed by atoms with Crippen LogP contribution in [0.2, 0.25) is 0 Å². The number of aromatic nitrogens is 2. The van der Waals surface area contributed by atoms with E-state index in [1.54, 1.807) is 31.2 Å². The van der Waals surface area contributed by atoms with Gasteiger partial charge in [0.2, 0.25) is 0 Å². The number of nitrogens with zero attached hydrogens (tertiary/aromatic N) is 1. The van der Waals surface area contributed by atoms with Crippen LogP contribution in [0.4, 0.5) is 14.5 Å². The molecule has 0 aliphatic rings. The molecule has 0 radical (unpaired) electrons. The quantitative estimate of drug-likeness (QED) is 0.770. The van der Waals surface area contributed by atoms with Crippen molar-refractivity contribution in [2.75, 3.05) is 5.32 Å². The van der Waals surface area contributed by atoms with Gasteiger partial charge in [0.15, 0.2) is 11.6 Å². The van der Waals surface area contributed by atoms with Crippen molar-refractivity contribution in [3.63, 3.8) is 0 Å². The first-order valence-electron chi connectivity index (χ1n) is 6.93. The monoisotopic (exact) mass is 313 g/mol. The van der Waals surface area contributed by atoms with E-state index in [0.717, 1.165) is 12.1 Å². The normalized spacial score (nSPS) is 10.6. The van der Waals surface area contributed by atoms with Crippen LogP contribution in [0.15, 0.2) is 48.5 Å². The first-order valence-corrected chi connectivity index (χ1v) is 6.93. The fraction of sp³-hybridized carbons (Fsp3) is 0.0588. The molecule has 0 fully saturated rings. The highest BCUT2D eigenvalue weighted by atomic mass is 19.2. The summed E-state index contributed by atoms with van der Waals surface area (Å²) in [5.41, 5.74) is 2.27. The molecular formula is C17H13F2N3O. The van der Waals surface area contributed by atoms with Crippen LogP contribution in [0.3, 0.4) is 0 Å². The minimum atomic E-state index is -0.969. The molecule has 0 saturated carbocycles. The Balaban J connectivity index is 1.96. The first-order chi connectivity index (χ1) is 11.1. The Morgan fingerprint density at radius 3 is 2.52 bits per heavy atom. The molecule has 0 spiro atoms. The van der Waals surface area contributed by atoms with E-state index in [-0.39, 0.29) is 5.91 Å². The average Bonchev–Trinajstić information content (AvgIpc) is 2.92. The van der Waals surface area contributed by atoms with Gasteiger partial charge in [0, 0.05) is 11.1 Å². The van der Waals surface area contributed by atoms with Crippen molar-refractivity contribution in [1.29, 1.82) is 0 Å². The number of carbonyl (C=O) groups is 1. The van der Waals surface area contributed by atoms with Crippen LogP contribution in [0.5, 0.6) is 0 Å². The van der Waals surface area contributed by atoms with Crippen molar-refractivity contribution < 1.29 is 13.6 Å². The highest BCUT2D eigenvalue weighted by Gasteiger charge is 2.17. The number of anilines is 1. The molecule has 1 aromatic heterocycles. The maximum absolute atomic E-state index is 13.4. The topological polar surface area (TPSA) is 57.8 Å². The Labute approximate surface area is 131 Å². The molecule has 3 rings (SSSR count). The van der Waals surface area contributed by atoms with Gasteiger partial charge in [-0.05, 0) is 37.3 Å². The highest BCUT2D eigenvalue weighted by Crippen LogP contribution is 2.29. The number of carbonyl (C=O) groups excluding carboxylic acids is 1. The molecule has 23 heavy (non-hydrogen) atoms. The Kier molecular flexibility index (Phi) is 3.89. The van der Waals surface area contributed by atoms with Gasteiger partial charge in [0.1, 0.15) is 5.69 Å². The van der Waals surface area contributed by atoms with Gasteiger partial charge in [-0.3, -0.25) is 9.89 Å². The maximum atomic E-state index is 13.4. The number of aromatic amines is 1. The number of aryl methyl sites for hydroxylation is 1. The van der Waals surface area contributed by atoms with Crippen molar-refractivity contribution >= 4 is 11.6 Å². The van der Waals surface area contributed by atoms with Crippen LogP contribution < -0.4 is 5.32 Å². The second kappa shape index (κ2) is 6.00. The average molecular weight is 313 g/mol. The van der Waals surface area contributed by atoms with Gasteiger partial charge in [0.05, 0.1) is 11.4 Å². The zero-order valence-electron chi connectivity index (χ0n) is 12.2. The number of rotatable bonds is 3. The minimum absolute atomic E-state index is 0.307. The molecule has 4 nitrogen and oxygen atoms in total. The third-order valence-corrected chi connectivity index (χ3v) is 3.41. The molecule has 2 N–H and O–H groups in total. The van der Waals surface area contributed by atoms with E-state index in [0.29, 0.717) is 28.2 Å². The molecular weight excluding hydrogens is 300 g/mol. The molecule has 0 saturated heterocycles. The molecule has 6 heteroatoms. The van der Waals surface area contributed by atoms with Gasteiger partial charge in [-0.25, -0.2) is 8.78 Å². The number of hydrogen-bond donors (Lipinski definition) is 2. The maximum Gasteiger partial charge on any atom is 0.255 e. The molecule has 116 valence electrons. The lowest BCUT2D eigenvalue weighted by Gasteiger charge is -2.07. The third kappa shape index (κ3) is 2.96. The number of nitrogens with one attached hydrogen (secondary N) is 2. The predicted octanol–water partition coefficient (Wildman–Crippen LogP) is 3.92. The van der Waals surface area contributed by atoms with Crippen molar-refractivity contribution in [2.45, 2.75) is 6.92 Å². The van der Waals surface area contributed by atoms with Gasteiger partial charge in [0.25, 0.3) is 5.91 Å². The summed E-state index contributed by atoms with van der Waals surface area (Å²) < 4.78 is 26.5. The molecule has 0 bridgehead atoms. The second-order valence-electron chi connectivity index (χ2n) is 5.02. The van der Waals surface area contributed by atoms with E-state index in [1.807, 2.05) is 6.07 Å². The van der Waals surface area contributed by atoms with Crippen LogP contribution in [0.1, 0.15) is 16.1 Å². The summed E-state index contributed by atoms with van der Waals surface area (Å²) >= 11 is 0. The Morgan fingerprint density at radius 1 is 1.09 bits per heavy atom. The molecule has 0 unspecified atom stereocenters. The lowest BCUT2D eigenvalue weighted by atomic mass is 10.1. The fourth-order valence-corrected chi connectivity index (χ4v) is 2.21. The summed E-state index contributed by atoms with van der Waals surface area (Å²) in [6.07, 6.45) is 0. The summed E-state index contributed by atoms with van der Waals surface area (Å²) in [6.45, 7) is 1.73. The molecule has 2 aromatic carbocycles. The number of hydrogen-bond acceptors (Lipinski definition) is 2. The van der Waals surface area contributed by atoms with E-state index in [1.165, 1.54) is 6.07 Å². The lowest BCUT2D eigenvalue weighted by Crippen LogP contribution is -2.12. The van der Waals surface area contributed by atoms with Gasteiger partial charge >= 0.3 is 0 Å². The van der Waals surface area contributed by atoms with Gasteiger partial charge in [-0.2, -0.15) is 5.10 Å². The largest absolute Gasteiger partial charge is 0.319 e. The third-order valence-electron chi connectivity index (χ3n) is 3.41. The Hall–Kier alpha value is -3.02. The number of amides is 1. The van der Waals surface area contributed by atoms with Crippen molar-refractivity contribution in [1.82, 2.24) is 10.2 Å². The number of H-pyrrole nitrogens is 1. The van der Waals surface area contributed by atoms with Gasteiger partial charge in [-0.15, -0.1) is 0 Å². The molecule has 1 amide bonds. The predicted molar refractivity (Wildman–Crippen MR) is 83.1 cm³/mol. The van der Waals surface area contributed by atoms with Crippen molar-refractivity contribution in [3.8, 4) is 11.3 Å². The molecule has 3 aromatic rings. The molecule has 0 atom stereocenters. The van der Waals surface area contributed by atoms with Gasteiger partial charge < -0.3 is 5.32 Å². The second-order valence-corrected chi connectivity index (χ2v) is 5.02. The first kappa shape index (κ1) is 14.9. The number of benzene rings is 2. The van der Waals surface area contributed by atoms with Crippen LogP contribution in [-0.4, -0.2) is 16.1 Å². The summed E-state index contributed by atoms with van der Waals surface area (Å²) in [6, 6.07) is 12.2. The minimum Gasteiger partial charge on any atom is -0.319 e. The van der Waals surface area contributed by atoms with E-state index in [2.05, 4.69) is 15.5 Å².